The van der Waals surface area contributed by atoms with Gasteiger partial charge in [0.2, 0.25) is 5.91 Å². The lowest BCUT2D eigenvalue weighted by Gasteiger charge is -2.25. The fourth-order valence-corrected chi connectivity index (χ4v) is 2.91. The van der Waals surface area contributed by atoms with Gasteiger partial charge in [-0.25, -0.2) is 0 Å². The van der Waals surface area contributed by atoms with E-state index in [0.29, 0.717) is 19.1 Å². The van der Waals surface area contributed by atoms with E-state index >= 15 is 0 Å². The Morgan fingerprint density at radius 3 is 2.90 bits per heavy atom. The number of hydrogen-bond acceptors (Lipinski definition) is 5. The maximum atomic E-state index is 12.1. The minimum atomic E-state index is -0.226. The van der Waals surface area contributed by atoms with Crippen LogP contribution in [0.15, 0.2) is 5.16 Å². The first kappa shape index (κ1) is 14.8. The molecule has 0 aromatic rings. The molecule has 0 bridgehead atoms. The molecule has 0 unspecified atom stereocenters. The van der Waals surface area contributed by atoms with E-state index in [0.717, 1.165) is 44.2 Å². The molecule has 1 aliphatic heterocycles. The third-order valence-corrected chi connectivity index (χ3v) is 4.05. The minimum absolute atomic E-state index is 0.0467. The summed E-state index contributed by atoms with van der Waals surface area (Å²) >= 11 is 0. The van der Waals surface area contributed by atoms with Gasteiger partial charge in [-0.3, -0.25) is 4.79 Å². The molecule has 110 valence electrons. The van der Waals surface area contributed by atoms with E-state index in [2.05, 4.69) is 16.5 Å². The van der Waals surface area contributed by atoms with E-state index < -0.39 is 0 Å². The summed E-state index contributed by atoms with van der Waals surface area (Å²) in [5, 5.41) is 16.3. The van der Waals surface area contributed by atoms with Crippen LogP contribution >= 0.6 is 0 Å². The van der Waals surface area contributed by atoms with Crippen molar-refractivity contribution in [2.24, 2.45) is 5.16 Å². The second-order valence-electron chi connectivity index (χ2n) is 5.37. The summed E-state index contributed by atoms with van der Waals surface area (Å²) in [6.07, 6.45) is 5.55. The van der Waals surface area contributed by atoms with Crippen LogP contribution in [0.25, 0.3) is 0 Å². The molecule has 1 atom stereocenters. The second kappa shape index (κ2) is 7.25. The van der Waals surface area contributed by atoms with E-state index in [1.807, 2.05) is 0 Å². The number of likely N-dealkylation sites (tertiary alicyclic amines) is 1. The highest BCUT2D eigenvalue weighted by Gasteiger charge is 2.28. The normalized spacial score (nSPS) is 26.2. The van der Waals surface area contributed by atoms with Gasteiger partial charge in [-0.1, -0.05) is 5.16 Å². The molecule has 1 saturated carbocycles. The maximum Gasteiger partial charge on any atom is 0.237 e. The second-order valence-corrected chi connectivity index (χ2v) is 5.37. The van der Waals surface area contributed by atoms with Gasteiger partial charge in [-0.05, 0) is 38.5 Å². The van der Waals surface area contributed by atoms with Gasteiger partial charge in [0.1, 0.15) is 13.2 Å². The summed E-state index contributed by atoms with van der Waals surface area (Å²) in [7, 11) is 1.57. The van der Waals surface area contributed by atoms with Crippen LogP contribution in [0.3, 0.4) is 0 Å². The number of oxime groups is 1. The molecule has 1 saturated heterocycles. The van der Waals surface area contributed by atoms with Crippen molar-refractivity contribution in [1.82, 2.24) is 10.2 Å². The quantitative estimate of drug-likeness (QED) is 0.779. The fourth-order valence-electron chi connectivity index (χ4n) is 2.91. The first-order valence-electron chi connectivity index (χ1n) is 7.26. The lowest BCUT2D eigenvalue weighted by molar-refractivity contribution is -0.130. The van der Waals surface area contributed by atoms with Crippen molar-refractivity contribution in [3.8, 4) is 6.07 Å². The summed E-state index contributed by atoms with van der Waals surface area (Å²) < 4.78 is 0. The predicted molar refractivity (Wildman–Crippen MR) is 75.1 cm³/mol. The van der Waals surface area contributed by atoms with Gasteiger partial charge in [0.15, 0.2) is 0 Å². The molecule has 0 spiro atoms. The SMILES string of the molecule is CON=C1CCC(NCC(=O)N2CCC[C@H]2C#N)CC1. The standard InChI is InChI=1S/C14H22N4O2/c1-20-17-12-6-4-11(5-7-12)16-10-14(19)18-8-2-3-13(18)9-15/h11,13,16H,2-8,10H2,1H3/t11?,13-/m0/s1. The highest BCUT2D eigenvalue weighted by atomic mass is 16.6. The number of nitriles is 1. The van der Waals surface area contributed by atoms with E-state index in [4.69, 9.17) is 10.1 Å². The van der Waals surface area contributed by atoms with Gasteiger partial charge in [0, 0.05) is 12.6 Å². The zero-order valence-electron chi connectivity index (χ0n) is 12.0. The zero-order chi connectivity index (χ0) is 14.4. The fraction of sp³-hybridized carbons (Fsp3) is 0.786. The first-order chi connectivity index (χ1) is 9.74. The van der Waals surface area contributed by atoms with Crippen molar-refractivity contribution in [2.45, 2.75) is 50.6 Å². The summed E-state index contributed by atoms with van der Waals surface area (Å²) in [6.45, 7) is 1.05. The van der Waals surface area contributed by atoms with Gasteiger partial charge >= 0.3 is 0 Å². The first-order valence-corrected chi connectivity index (χ1v) is 7.26. The van der Waals surface area contributed by atoms with Gasteiger partial charge in [-0.15, -0.1) is 0 Å². The lowest BCUT2D eigenvalue weighted by atomic mass is 9.94. The number of nitrogens with zero attached hydrogens (tertiary/aromatic N) is 3. The van der Waals surface area contributed by atoms with Crippen LogP contribution in [-0.2, 0) is 9.63 Å². The average Bonchev–Trinajstić information content (AvgIpc) is 2.95. The van der Waals surface area contributed by atoms with Gasteiger partial charge in [0.05, 0.1) is 18.3 Å². The van der Waals surface area contributed by atoms with Crippen LogP contribution in [0.5, 0.6) is 0 Å². The monoisotopic (exact) mass is 278 g/mol. The molecular formula is C14H22N4O2. The van der Waals surface area contributed by atoms with Crippen LogP contribution in [0.2, 0.25) is 0 Å². The lowest BCUT2D eigenvalue weighted by Crippen LogP contribution is -2.44. The summed E-state index contributed by atoms with van der Waals surface area (Å²) in [6, 6.07) is 2.33. The molecular weight excluding hydrogens is 256 g/mol. The van der Waals surface area contributed by atoms with Gasteiger partial charge in [0.25, 0.3) is 0 Å². The molecule has 2 rings (SSSR count). The highest BCUT2D eigenvalue weighted by Crippen LogP contribution is 2.18. The average molecular weight is 278 g/mol. The van der Waals surface area contributed by atoms with E-state index in [1.54, 1.807) is 12.0 Å². The topological polar surface area (TPSA) is 77.7 Å². The molecule has 1 aliphatic carbocycles. The summed E-state index contributed by atoms with van der Waals surface area (Å²) in [5.74, 6) is 0.0467. The van der Waals surface area contributed by atoms with Crippen molar-refractivity contribution in [1.29, 1.82) is 5.26 Å². The van der Waals surface area contributed by atoms with Crippen LogP contribution in [-0.4, -0.2) is 48.8 Å². The zero-order valence-corrected chi connectivity index (χ0v) is 12.0. The molecule has 0 radical (unpaired) electrons. The third-order valence-electron chi connectivity index (χ3n) is 4.05. The largest absolute Gasteiger partial charge is 0.399 e. The Labute approximate surface area is 119 Å². The third kappa shape index (κ3) is 3.70. The maximum absolute atomic E-state index is 12.1. The van der Waals surface area contributed by atoms with Crippen molar-refractivity contribution in [3.05, 3.63) is 0 Å². The number of amides is 1. The van der Waals surface area contributed by atoms with Gasteiger partial charge in [-0.2, -0.15) is 5.26 Å². The van der Waals surface area contributed by atoms with Crippen LogP contribution in [0.1, 0.15) is 38.5 Å². The van der Waals surface area contributed by atoms with Crippen molar-refractivity contribution in [2.75, 3.05) is 20.2 Å². The highest BCUT2D eigenvalue weighted by molar-refractivity contribution is 5.84. The molecule has 6 heteroatoms. The number of carbonyl (C=O) groups excluding carboxylic acids is 1. The molecule has 20 heavy (non-hydrogen) atoms. The molecule has 1 N–H and O–H groups in total. The summed E-state index contributed by atoms with van der Waals surface area (Å²) in [4.78, 5) is 18.6. The molecule has 6 nitrogen and oxygen atoms in total. The Kier molecular flexibility index (Phi) is 5.36. The van der Waals surface area contributed by atoms with Crippen molar-refractivity contribution in [3.63, 3.8) is 0 Å². The number of rotatable bonds is 4. The van der Waals surface area contributed by atoms with E-state index in [-0.39, 0.29) is 11.9 Å². The van der Waals surface area contributed by atoms with E-state index in [9.17, 15) is 4.79 Å². The van der Waals surface area contributed by atoms with Crippen molar-refractivity contribution < 1.29 is 9.63 Å². The Hall–Kier alpha value is -1.61. The Morgan fingerprint density at radius 1 is 1.50 bits per heavy atom. The predicted octanol–water partition coefficient (Wildman–Crippen LogP) is 1.04. The number of carbonyl (C=O) groups is 1. The number of hydrogen-bond donors (Lipinski definition) is 1. The molecule has 2 fully saturated rings. The molecule has 1 amide bonds. The Morgan fingerprint density at radius 2 is 2.25 bits per heavy atom. The minimum Gasteiger partial charge on any atom is -0.399 e. The van der Waals surface area contributed by atoms with Crippen LogP contribution < -0.4 is 5.32 Å². The van der Waals surface area contributed by atoms with Crippen LogP contribution in [0, 0.1) is 11.3 Å². The Bertz CT molecular complexity index is 406. The molecule has 1 heterocycles. The number of nitrogens with one attached hydrogen (secondary N) is 1. The molecule has 2 aliphatic rings. The van der Waals surface area contributed by atoms with Crippen molar-refractivity contribution >= 4 is 11.6 Å². The van der Waals surface area contributed by atoms with Gasteiger partial charge < -0.3 is 15.1 Å². The Balaban J connectivity index is 1.72. The summed E-state index contributed by atoms with van der Waals surface area (Å²) in [5.41, 5.74) is 1.10. The van der Waals surface area contributed by atoms with Crippen LogP contribution in [0.4, 0.5) is 0 Å². The molecule has 0 aromatic carbocycles. The smallest absolute Gasteiger partial charge is 0.237 e. The molecule has 0 aromatic heterocycles. The van der Waals surface area contributed by atoms with E-state index in [1.165, 1.54) is 0 Å².